The number of hydrogen-bond donors (Lipinski definition) is 1. The highest BCUT2D eigenvalue weighted by molar-refractivity contribution is 7.10. The van der Waals surface area contributed by atoms with Crippen molar-refractivity contribution in [2.24, 2.45) is 0 Å². The molecule has 0 radical (unpaired) electrons. The summed E-state index contributed by atoms with van der Waals surface area (Å²) in [6.45, 7) is 4.09. The molecule has 2 rings (SSSR count). The highest BCUT2D eigenvalue weighted by Gasteiger charge is 2.35. The van der Waals surface area contributed by atoms with E-state index in [1.807, 2.05) is 24.4 Å². The number of amides is 2. The van der Waals surface area contributed by atoms with Gasteiger partial charge in [-0.1, -0.05) is 13.0 Å². The van der Waals surface area contributed by atoms with Crippen LogP contribution in [0, 0.1) is 0 Å². The summed E-state index contributed by atoms with van der Waals surface area (Å²) >= 11 is 1.50. The summed E-state index contributed by atoms with van der Waals surface area (Å²) in [6, 6.07) is 3.16. The number of ether oxygens (including phenoxy) is 1. The second-order valence-corrected chi connectivity index (χ2v) is 5.57. The first-order valence-corrected chi connectivity index (χ1v) is 7.39. The average Bonchev–Trinajstić information content (AvgIpc) is 2.95. The molecule has 0 fully saturated rings. The monoisotopic (exact) mass is 294 g/mol. The van der Waals surface area contributed by atoms with E-state index >= 15 is 0 Å². The fraction of sp³-hybridized carbons (Fsp3) is 0.429. The van der Waals surface area contributed by atoms with Crippen molar-refractivity contribution in [2.75, 3.05) is 13.7 Å². The molecule has 0 aliphatic carbocycles. The molecule has 2 amide bonds. The number of allylic oxidation sites excluding steroid dienone is 1. The Balaban J connectivity index is 2.38. The van der Waals surface area contributed by atoms with Gasteiger partial charge in [-0.3, -0.25) is 0 Å². The van der Waals surface area contributed by atoms with Crippen molar-refractivity contribution in [3.63, 3.8) is 0 Å². The number of urea groups is 1. The Labute approximate surface area is 122 Å². The minimum atomic E-state index is -0.428. The van der Waals surface area contributed by atoms with Crippen molar-refractivity contribution < 1.29 is 14.3 Å². The lowest BCUT2D eigenvalue weighted by Gasteiger charge is -2.32. The van der Waals surface area contributed by atoms with E-state index in [4.69, 9.17) is 4.74 Å². The molecule has 20 heavy (non-hydrogen) atoms. The molecule has 1 aliphatic heterocycles. The number of hydrogen-bond acceptors (Lipinski definition) is 4. The van der Waals surface area contributed by atoms with Crippen molar-refractivity contribution in [3.05, 3.63) is 33.7 Å². The molecule has 1 unspecified atom stereocenters. The van der Waals surface area contributed by atoms with E-state index in [2.05, 4.69) is 5.32 Å². The van der Waals surface area contributed by atoms with Gasteiger partial charge in [-0.05, 0) is 24.8 Å². The largest absolute Gasteiger partial charge is 0.462 e. The smallest absolute Gasteiger partial charge is 0.338 e. The summed E-state index contributed by atoms with van der Waals surface area (Å²) in [4.78, 5) is 26.6. The number of thiophene rings is 1. The highest BCUT2D eigenvalue weighted by Crippen LogP contribution is 2.32. The number of carbonyl (C=O) groups is 2. The van der Waals surface area contributed by atoms with Gasteiger partial charge >= 0.3 is 12.0 Å². The van der Waals surface area contributed by atoms with Gasteiger partial charge in [-0.25, -0.2) is 9.59 Å². The van der Waals surface area contributed by atoms with Crippen molar-refractivity contribution in [1.82, 2.24) is 10.2 Å². The molecule has 1 aliphatic rings. The topological polar surface area (TPSA) is 58.6 Å². The maximum Gasteiger partial charge on any atom is 0.338 e. The zero-order chi connectivity index (χ0) is 14.7. The molecule has 1 N–H and O–H groups in total. The van der Waals surface area contributed by atoms with Crippen LogP contribution in [-0.4, -0.2) is 30.6 Å². The summed E-state index contributed by atoms with van der Waals surface area (Å²) in [5, 5.41) is 4.77. The number of rotatable bonds is 4. The van der Waals surface area contributed by atoms with E-state index in [1.165, 1.54) is 16.2 Å². The third kappa shape index (κ3) is 2.70. The Morgan fingerprint density at radius 3 is 2.90 bits per heavy atom. The molecule has 1 atom stereocenters. The summed E-state index contributed by atoms with van der Waals surface area (Å²) in [5.74, 6) is -0.366. The molecular formula is C14H18N2O3S. The Morgan fingerprint density at radius 1 is 1.55 bits per heavy atom. The quantitative estimate of drug-likeness (QED) is 0.869. The van der Waals surface area contributed by atoms with Gasteiger partial charge in [0.05, 0.1) is 18.2 Å². The minimum Gasteiger partial charge on any atom is -0.462 e. The molecule has 0 spiro atoms. The number of nitrogens with one attached hydrogen (secondary N) is 1. The van der Waals surface area contributed by atoms with Crippen molar-refractivity contribution in [2.45, 2.75) is 26.3 Å². The minimum absolute atomic E-state index is 0.215. The Hall–Kier alpha value is -1.82. The van der Waals surface area contributed by atoms with Crippen LogP contribution in [0.3, 0.4) is 0 Å². The van der Waals surface area contributed by atoms with Crippen molar-refractivity contribution in [1.29, 1.82) is 0 Å². The van der Waals surface area contributed by atoms with E-state index in [0.717, 1.165) is 11.3 Å². The molecule has 2 heterocycles. The molecule has 0 aromatic carbocycles. The van der Waals surface area contributed by atoms with Gasteiger partial charge in [0, 0.05) is 17.6 Å². The van der Waals surface area contributed by atoms with Crippen molar-refractivity contribution >= 4 is 23.3 Å². The Bertz CT molecular complexity index is 537. The van der Waals surface area contributed by atoms with Gasteiger partial charge in [-0.2, -0.15) is 0 Å². The van der Waals surface area contributed by atoms with Crippen LogP contribution < -0.4 is 5.32 Å². The molecule has 108 valence electrons. The third-order valence-corrected chi connectivity index (χ3v) is 4.18. The molecule has 0 saturated heterocycles. The second-order valence-electron chi connectivity index (χ2n) is 4.59. The maximum absolute atomic E-state index is 12.3. The van der Waals surface area contributed by atoms with Crippen LogP contribution >= 0.6 is 11.3 Å². The summed E-state index contributed by atoms with van der Waals surface area (Å²) in [5.41, 5.74) is 1.14. The first-order chi connectivity index (χ1) is 9.56. The summed E-state index contributed by atoms with van der Waals surface area (Å²) < 4.78 is 5.24. The van der Waals surface area contributed by atoms with Crippen LogP contribution in [0.1, 0.15) is 31.2 Å². The molecule has 1 aromatic heterocycles. The van der Waals surface area contributed by atoms with Gasteiger partial charge in [-0.15, -0.1) is 11.3 Å². The Kier molecular flexibility index (Phi) is 4.44. The van der Waals surface area contributed by atoms with Crippen molar-refractivity contribution in [3.8, 4) is 0 Å². The van der Waals surface area contributed by atoms with Crippen LogP contribution in [0.4, 0.5) is 4.79 Å². The first kappa shape index (κ1) is 14.6. The summed E-state index contributed by atoms with van der Waals surface area (Å²) in [7, 11) is 1.64. The first-order valence-electron chi connectivity index (χ1n) is 6.51. The summed E-state index contributed by atoms with van der Waals surface area (Å²) in [6.07, 6.45) is 0.768. The SMILES string of the molecule is CCCOC(=O)C1=C(C)N(C)C(=O)NC1c1cccs1. The zero-order valence-electron chi connectivity index (χ0n) is 11.8. The fourth-order valence-electron chi connectivity index (χ4n) is 2.04. The molecule has 6 heteroatoms. The second kappa shape index (κ2) is 6.09. The molecular weight excluding hydrogens is 276 g/mol. The van der Waals surface area contributed by atoms with E-state index in [0.29, 0.717) is 17.9 Å². The molecule has 1 aromatic rings. The van der Waals surface area contributed by atoms with Gasteiger partial charge in [0.1, 0.15) is 0 Å². The predicted molar refractivity (Wildman–Crippen MR) is 77.3 cm³/mol. The van der Waals surface area contributed by atoms with Gasteiger partial charge in [0.2, 0.25) is 0 Å². The highest BCUT2D eigenvalue weighted by atomic mass is 32.1. The van der Waals surface area contributed by atoms with Gasteiger partial charge in [0.25, 0.3) is 0 Å². The van der Waals surface area contributed by atoms with Crippen LogP contribution in [0.25, 0.3) is 0 Å². The van der Waals surface area contributed by atoms with Gasteiger partial charge in [0.15, 0.2) is 0 Å². The predicted octanol–water partition coefficient (Wildman–Crippen LogP) is 2.67. The molecule has 0 saturated carbocycles. The van der Waals surface area contributed by atoms with E-state index in [1.54, 1.807) is 14.0 Å². The number of nitrogens with zero attached hydrogens (tertiary/aromatic N) is 1. The average molecular weight is 294 g/mol. The number of carbonyl (C=O) groups excluding carboxylic acids is 2. The molecule has 0 bridgehead atoms. The van der Waals surface area contributed by atoms with Crippen LogP contribution in [0.15, 0.2) is 28.8 Å². The van der Waals surface area contributed by atoms with Crippen LogP contribution in [0.5, 0.6) is 0 Å². The zero-order valence-corrected chi connectivity index (χ0v) is 12.6. The number of esters is 1. The van der Waals surface area contributed by atoms with Crippen LogP contribution in [0.2, 0.25) is 0 Å². The van der Waals surface area contributed by atoms with E-state index in [9.17, 15) is 9.59 Å². The fourth-order valence-corrected chi connectivity index (χ4v) is 2.83. The lowest BCUT2D eigenvalue weighted by molar-refractivity contribution is -0.139. The maximum atomic E-state index is 12.3. The van der Waals surface area contributed by atoms with Crippen LogP contribution in [-0.2, 0) is 9.53 Å². The Morgan fingerprint density at radius 2 is 2.30 bits per heavy atom. The van der Waals surface area contributed by atoms with E-state index < -0.39 is 6.04 Å². The lowest BCUT2D eigenvalue weighted by Crippen LogP contribution is -2.46. The molecule has 5 nitrogen and oxygen atoms in total. The third-order valence-electron chi connectivity index (χ3n) is 3.24. The van der Waals surface area contributed by atoms with Gasteiger partial charge < -0.3 is 15.0 Å². The van der Waals surface area contributed by atoms with E-state index in [-0.39, 0.29) is 12.0 Å². The normalized spacial score (nSPS) is 19.1. The lowest BCUT2D eigenvalue weighted by atomic mass is 10.0. The standard InChI is InChI=1S/C14H18N2O3S/c1-4-7-19-13(17)11-9(2)16(3)14(18)15-12(11)10-6-5-8-20-10/h5-6,8,12H,4,7H2,1-3H3,(H,15,18).